The molecule has 0 aromatic carbocycles. The van der Waals surface area contributed by atoms with Gasteiger partial charge in [-0.2, -0.15) is 1.36 Å². The molecular formula is H2I2N2. The minimum Gasteiger partial charge on any atom is -0.265 e. The van der Waals surface area contributed by atoms with E-state index < -0.39 is 0 Å². The zero-order valence-corrected chi connectivity index (χ0v) is 6.10. The molecule has 0 aliphatic carbocycles. The Kier molecular flexibility index (Phi) is 5.51. The monoisotopic (exact) mass is 284 g/mol. The molecule has 2 nitrogen and oxygen atoms in total. The number of hydrogen-bond donors (Lipinski definition) is 1. The molecule has 2 N–H and O–H groups in total. The highest BCUT2D eigenvalue weighted by Crippen LogP contribution is 1.91. The number of nitrogens with two attached hydrogens (primary N) is 1. The molecule has 0 aliphatic heterocycles. The van der Waals surface area contributed by atoms with Crippen LogP contribution in [0.5, 0.6) is 0 Å². The third-order valence-corrected chi connectivity index (χ3v) is 1.66. The second-order valence-corrected chi connectivity index (χ2v) is 3.53. The normalized spacial score (nSPS) is 11.5. The lowest BCUT2D eigenvalue weighted by Gasteiger charge is -1.48. The lowest BCUT2D eigenvalue weighted by atomic mass is 14.0. The fourth-order valence-corrected chi connectivity index (χ4v) is 0. The molecule has 0 fully saturated rings. The van der Waals surface area contributed by atoms with Crippen molar-refractivity contribution in [2.45, 2.75) is 0 Å². The molecular weight excluding hydrogens is 282 g/mol. The van der Waals surface area contributed by atoms with Crippen LogP contribution >= 0.6 is 44.2 Å². The molecule has 4 heavy (non-hydrogen) atoms. The summed E-state index contributed by atoms with van der Waals surface area (Å²) >= 11 is 1.62. The summed E-state index contributed by atoms with van der Waals surface area (Å²) in [6.45, 7) is 0. The molecule has 0 bridgehead atoms. The summed E-state index contributed by atoms with van der Waals surface area (Å²) in [5.74, 6) is 0. The lowest BCUT2D eigenvalue weighted by Crippen LogP contribution is -1.52. The van der Waals surface area contributed by atoms with Crippen LogP contribution in [0.3, 0.4) is 0 Å². The van der Waals surface area contributed by atoms with Crippen LogP contribution in [-0.2, 0) is 0 Å². The van der Waals surface area contributed by atoms with Crippen LogP contribution in [0, 0.1) is 0 Å². The molecule has 0 saturated heterocycles. The molecule has 0 heterocycles. The van der Waals surface area contributed by atoms with E-state index in [2.05, 4.69) is 1.36 Å². The molecule has 4 heteroatoms. The number of halogens is 2. The van der Waals surface area contributed by atoms with Gasteiger partial charge in [-0.1, -0.05) is 0 Å². The first-order valence-corrected chi connectivity index (χ1v) is 3.73. The molecule has 0 unspecified atom stereocenters. The van der Waals surface area contributed by atoms with E-state index in [9.17, 15) is 0 Å². The van der Waals surface area contributed by atoms with E-state index in [-0.39, 0.29) is 21.3 Å². The van der Waals surface area contributed by atoms with Gasteiger partial charge < -0.3 is 0 Å². The highest BCUT2D eigenvalue weighted by molar-refractivity contribution is 14.2. The zero-order chi connectivity index (χ0) is 3.41. The Bertz CT molecular complexity index is 19.2. The van der Waals surface area contributed by atoms with Gasteiger partial charge in [0.2, 0.25) is 0 Å². The summed E-state index contributed by atoms with van der Waals surface area (Å²) in [6, 6.07) is 0. The minimum atomic E-state index is -0.278. The van der Waals surface area contributed by atoms with Crippen molar-refractivity contribution in [1.82, 2.24) is 0 Å². The third kappa shape index (κ3) is 3.22. The predicted octanol–water partition coefficient (Wildman–Crippen LogP) is 1.36. The Morgan fingerprint density at radius 3 is 2.25 bits per heavy atom. The number of hydrogen-bond acceptors (Lipinski definition) is 1. The van der Waals surface area contributed by atoms with Gasteiger partial charge in [-0.25, -0.2) is 0 Å². The van der Waals surface area contributed by atoms with Crippen LogP contribution in [0.1, 0.15) is 0 Å². The molecule has 26 valence electrons. The molecule has 0 amide bonds. The predicted molar refractivity (Wildman–Crippen MR) is 34.7 cm³/mol. The second-order valence-electron chi connectivity index (χ2n) is 0.161. The van der Waals surface area contributed by atoms with Gasteiger partial charge in [0.25, 0.3) is 0 Å². The Morgan fingerprint density at radius 1 is 2.00 bits per heavy atom. The topological polar surface area (TPSA) is 38.4 Å². The molecule has 0 atom stereocenters. The summed E-state index contributed by atoms with van der Waals surface area (Å²) in [5.41, 5.74) is 0. The maximum Gasteiger partial charge on any atom is 0.0917 e. The van der Waals surface area contributed by atoms with Crippen LogP contribution in [0.15, 0.2) is 1.36 Å². The summed E-state index contributed by atoms with van der Waals surface area (Å²) in [6.07, 6.45) is 0. The van der Waals surface area contributed by atoms with E-state index in [1.807, 2.05) is 22.9 Å². The van der Waals surface area contributed by atoms with E-state index in [1.54, 1.807) is 0 Å². The van der Waals surface area contributed by atoms with Crippen molar-refractivity contribution in [2.24, 2.45) is 5.31 Å². The molecule has 0 radical (unpaired) electrons. The second kappa shape index (κ2) is 4.22. The Labute approximate surface area is 49.2 Å². The highest BCUT2D eigenvalue weighted by atomic mass is 127. The van der Waals surface area contributed by atoms with Crippen molar-refractivity contribution < 1.29 is 0 Å². The van der Waals surface area contributed by atoms with Gasteiger partial charge in [0.15, 0.2) is 0 Å². The Morgan fingerprint density at radius 2 is 2.25 bits per heavy atom. The maximum absolute atomic E-state index is 4.96. The van der Waals surface area contributed by atoms with Crippen molar-refractivity contribution in [2.75, 3.05) is 0 Å². The summed E-state index contributed by atoms with van der Waals surface area (Å²) in [5, 5.41) is 0. The highest BCUT2D eigenvalue weighted by Gasteiger charge is 1.36. The van der Waals surface area contributed by atoms with Crippen molar-refractivity contribution >= 4 is 44.2 Å². The van der Waals surface area contributed by atoms with Crippen molar-refractivity contribution in [3.05, 3.63) is 0 Å². The Hall–Kier alpha value is 1.22. The number of nitrogens with zero attached hydrogens (tertiary/aromatic N) is 1. The fourth-order valence-electron chi connectivity index (χ4n) is 0. The third-order valence-electron chi connectivity index (χ3n) is 0.0369. The lowest BCUT2D eigenvalue weighted by molar-refractivity contribution is 2.15. The van der Waals surface area contributed by atoms with Gasteiger partial charge in [0.05, 0.1) is 44.2 Å². The van der Waals surface area contributed by atoms with E-state index >= 15 is 0 Å². The SMILES string of the molecule is NI=NI. The molecule has 0 aromatic rings. The van der Waals surface area contributed by atoms with Crippen molar-refractivity contribution in [3.63, 3.8) is 0 Å². The zero-order valence-electron chi connectivity index (χ0n) is 1.78. The summed E-state index contributed by atoms with van der Waals surface area (Å²) in [4.78, 5) is 0. The summed E-state index contributed by atoms with van der Waals surface area (Å²) < 4.78 is 8.56. The van der Waals surface area contributed by atoms with Gasteiger partial charge >= 0.3 is 0 Å². The first kappa shape index (κ1) is 5.22. The fraction of sp³-hybridized carbons (Fsp3) is 0. The van der Waals surface area contributed by atoms with E-state index in [1.165, 1.54) is 0 Å². The molecule has 0 aromatic heterocycles. The first-order chi connectivity index (χ1) is 1.91. The average molecular weight is 284 g/mol. The van der Waals surface area contributed by atoms with Crippen LogP contribution in [-0.4, -0.2) is 0 Å². The smallest absolute Gasteiger partial charge is 0.0917 e. The standard InChI is InChI=1S/H2I2N2/c1-4-2-3/h(H2,3,4). The average Bonchev–Trinajstić information content (AvgIpc) is 1.37. The van der Waals surface area contributed by atoms with Crippen LogP contribution in [0.2, 0.25) is 0 Å². The molecule has 0 spiro atoms. The van der Waals surface area contributed by atoms with Crippen molar-refractivity contribution in [1.29, 1.82) is 0 Å². The van der Waals surface area contributed by atoms with Crippen LogP contribution < -0.4 is 3.95 Å². The Balaban J connectivity index is 2.55. The minimum absolute atomic E-state index is 0.278. The van der Waals surface area contributed by atoms with Gasteiger partial charge in [0, 0.05) is 0 Å². The van der Waals surface area contributed by atoms with Crippen molar-refractivity contribution in [3.8, 4) is 0 Å². The van der Waals surface area contributed by atoms with Crippen LogP contribution in [0.25, 0.3) is 0 Å². The van der Waals surface area contributed by atoms with Gasteiger partial charge in [0.1, 0.15) is 0 Å². The van der Waals surface area contributed by atoms with Gasteiger partial charge in [-0.15, -0.1) is 0 Å². The van der Waals surface area contributed by atoms with E-state index in [0.29, 0.717) is 0 Å². The number of rotatable bonds is 0. The van der Waals surface area contributed by atoms with Gasteiger partial charge in [-0.05, 0) is 0 Å². The molecule has 0 rings (SSSR count). The van der Waals surface area contributed by atoms with E-state index in [0.717, 1.165) is 0 Å². The first-order valence-electron chi connectivity index (χ1n) is 0.556. The van der Waals surface area contributed by atoms with Gasteiger partial charge in [-0.3, -0.25) is 3.95 Å². The molecule has 0 aliphatic rings. The summed E-state index contributed by atoms with van der Waals surface area (Å²) in [7, 11) is 0. The molecule has 0 saturated carbocycles. The largest absolute Gasteiger partial charge is 0.265 e. The van der Waals surface area contributed by atoms with Crippen LogP contribution in [0.4, 0.5) is 0 Å². The quantitative estimate of drug-likeness (QED) is 0.529. The van der Waals surface area contributed by atoms with E-state index in [4.69, 9.17) is 3.95 Å². The maximum atomic E-state index is 4.96.